The summed E-state index contributed by atoms with van der Waals surface area (Å²) >= 11 is 0. The number of carbonyl (C=O) groups excluding carboxylic acids is 1. The van der Waals surface area contributed by atoms with E-state index in [9.17, 15) is 14.7 Å². The maximum atomic E-state index is 12.6. The van der Waals surface area contributed by atoms with Gasteiger partial charge in [-0.3, -0.25) is 4.79 Å². The van der Waals surface area contributed by atoms with Gasteiger partial charge in [-0.15, -0.1) is 0 Å². The fourth-order valence-electron chi connectivity index (χ4n) is 2.78. The first-order valence-corrected chi connectivity index (χ1v) is 8.50. The Bertz CT molecular complexity index is 739. The smallest absolute Gasteiger partial charge is 0.336 e. The van der Waals surface area contributed by atoms with Crippen LogP contribution in [0.25, 0.3) is 11.1 Å². The molecule has 25 heavy (non-hydrogen) atoms. The van der Waals surface area contributed by atoms with Gasteiger partial charge in [-0.2, -0.15) is 0 Å². The lowest BCUT2D eigenvalue weighted by Gasteiger charge is -2.18. The molecular weight excluding hydrogens is 316 g/mol. The number of nitrogens with zero attached hydrogens (tertiary/aromatic N) is 1. The van der Waals surface area contributed by atoms with Gasteiger partial charge in [-0.1, -0.05) is 50.2 Å². The van der Waals surface area contributed by atoms with Crippen LogP contribution in [0.15, 0.2) is 48.5 Å². The molecule has 132 valence electrons. The molecule has 0 unspecified atom stereocenters. The first-order valence-electron chi connectivity index (χ1n) is 8.50. The maximum Gasteiger partial charge on any atom is 0.336 e. The van der Waals surface area contributed by atoms with Gasteiger partial charge in [0.25, 0.3) is 5.91 Å². The van der Waals surface area contributed by atoms with Crippen LogP contribution in [0.3, 0.4) is 0 Å². The van der Waals surface area contributed by atoms with Gasteiger partial charge in [0.2, 0.25) is 0 Å². The monoisotopic (exact) mass is 340 g/mol. The number of benzene rings is 2. The lowest BCUT2D eigenvalue weighted by Crippen LogP contribution is -2.35. The molecule has 0 spiro atoms. The minimum Gasteiger partial charge on any atom is -0.478 e. The van der Waals surface area contributed by atoms with Crippen molar-refractivity contribution in [2.75, 3.05) is 26.2 Å². The number of aromatic carboxylic acids is 1. The molecule has 2 N–H and O–H groups in total. The van der Waals surface area contributed by atoms with E-state index in [0.717, 1.165) is 19.6 Å². The first-order chi connectivity index (χ1) is 12.1. The zero-order valence-electron chi connectivity index (χ0n) is 14.7. The number of amides is 1. The molecule has 0 heterocycles. The summed E-state index contributed by atoms with van der Waals surface area (Å²) in [6, 6.07) is 13.8. The van der Waals surface area contributed by atoms with Crippen LogP contribution >= 0.6 is 0 Å². The summed E-state index contributed by atoms with van der Waals surface area (Å²) in [7, 11) is 0. The number of hydrogen-bond acceptors (Lipinski definition) is 3. The summed E-state index contributed by atoms with van der Waals surface area (Å²) in [5.41, 5.74) is 1.84. The van der Waals surface area contributed by atoms with Crippen LogP contribution in [0.5, 0.6) is 0 Å². The van der Waals surface area contributed by atoms with E-state index in [0.29, 0.717) is 23.2 Å². The van der Waals surface area contributed by atoms with E-state index >= 15 is 0 Å². The van der Waals surface area contributed by atoms with Crippen molar-refractivity contribution in [3.8, 4) is 11.1 Å². The minimum absolute atomic E-state index is 0.186. The summed E-state index contributed by atoms with van der Waals surface area (Å²) in [5.74, 6) is -1.20. The fraction of sp³-hybridized carbons (Fsp3) is 0.300. The summed E-state index contributed by atoms with van der Waals surface area (Å²) in [6.07, 6.45) is 0. The molecule has 1 amide bonds. The Labute approximate surface area is 148 Å². The van der Waals surface area contributed by atoms with Gasteiger partial charge >= 0.3 is 5.97 Å². The molecule has 0 saturated heterocycles. The number of carbonyl (C=O) groups is 2. The molecule has 0 bridgehead atoms. The van der Waals surface area contributed by atoms with Gasteiger partial charge in [0, 0.05) is 18.7 Å². The third-order valence-corrected chi connectivity index (χ3v) is 4.23. The molecule has 0 aromatic heterocycles. The van der Waals surface area contributed by atoms with Gasteiger partial charge in [0.15, 0.2) is 0 Å². The maximum absolute atomic E-state index is 12.6. The normalized spacial score (nSPS) is 10.7. The van der Waals surface area contributed by atoms with E-state index < -0.39 is 5.97 Å². The van der Waals surface area contributed by atoms with Gasteiger partial charge in [-0.05, 0) is 36.3 Å². The lowest BCUT2D eigenvalue weighted by molar-refractivity contribution is 0.0697. The van der Waals surface area contributed by atoms with Crippen molar-refractivity contribution in [2.24, 2.45) is 0 Å². The molecule has 0 aliphatic carbocycles. The molecule has 5 heteroatoms. The molecule has 0 aliphatic heterocycles. The summed E-state index contributed by atoms with van der Waals surface area (Å²) in [5, 5.41) is 12.3. The Morgan fingerprint density at radius 2 is 1.44 bits per heavy atom. The molecule has 0 aliphatic rings. The highest BCUT2D eigenvalue weighted by Gasteiger charge is 2.17. The van der Waals surface area contributed by atoms with Gasteiger partial charge in [0.1, 0.15) is 0 Å². The predicted octanol–water partition coefficient (Wildman–Crippen LogP) is 3.12. The number of likely N-dealkylation sites (N-methyl/N-ethyl adjacent to an activating group) is 1. The van der Waals surface area contributed by atoms with Crippen LogP contribution in [0.4, 0.5) is 0 Å². The highest BCUT2D eigenvalue weighted by molar-refractivity contribution is 6.04. The third kappa shape index (κ3) is 4.67. The van der Waals surface area contributed by atoms with Crippen molar-refractivity contribution in [1.29, 1.82) is 0 Å². The third-order valence-electron chi connectivity index (χ3n) is 4.23. The van der Waals surface area contributed by atoms with Crippen molar-refractivity contribution in [3.05, 3.63) is 59.7 Å². The molecular formula is C20H24N2O3. The second kappa shape index (κ2) is 8.99. The SMILES string of the molecule is CCN(CC)CCNC(=O)c1ccccc1-c1ccccc1C(=O)O. The molecule has 0 radical (unpaired) electrons. The van der Waals surface area contributed by atoms with Crippen LogP contribution in [0.1, 0.15) is 34.6 Å². The summed E-state index contributed by atoms with van der Waals surface area (Å²) in [4.78, 5) is 26.3. The Balaban J connectivity index is 2.24. The average molecular weight is 340 g/mol. The van der Waals surface area contributed by atoms with Crippen molar-refractivity contribution in [3.63, 3.8) is 0 Å². The molecule has 2 rings (SSSR count). The molecule has 2 aromatic rings. The summed E-state index contributed by atoms with van der Waals surface area (Å²) < 4.78 is 0. The van der Waals surface area contributed by atoms with Crippen LogP contribution in [-0.4, -0.2) is 48.1 Å². The van der Waals surface area contributed by atoms with E-state index in [1.165, 1.54) is 0 Å². The fourth-order valence-corrected chi connectivity index (χ4v) is 2.78. The van der Waals surface area contributed by atoms with Crippen LogP contribution < -0.4 is 5.32 Å². The van der Waals surface area contributed by atoms with Crippen molar-refractivity contribution >= 4 is 11.9 Å². The molecule has 2 aromatic carbocycles. The van der Waals surface area contributed by atoms with Gasteiger partial charge < -0.3 is 15.3 Å². The Morgan fingerprint density at radius 3 is 2.00 bits per heavy atom. The van der Waals surface area contributed by atoms with Crippen LogP contribution in [0, 0.1) is 0 Å². The van der Waals surface area contributed by atoms with E-state index in [1.807, 2.05) is 0 Å². The Kier molecular flexibility index (Phi) is 6.71. The molecule has 0 saturated carbocycles. The zero-order chi connectivity index (χ0) is 18.2. The largest absolute Gasteiger partial charge is 0.478 e. The molecule has 0 fully saturated rings. The van der Waals surface area contributed by atoms with Crippen molar-refractivity contribution in [2.45, 2.75) is 13.8 Å². The van der Waals surface area contributed by atoms with E-state index in [2.05, 4.69) is 24.1 Å². The van der Waals surface area contributed by atoms with E-state index in [4.69, 9.17) is 0 Å². The number of hydrogen-bond donors (Lipinski definition) is 2. The number of nitrogens with one attached hydrogen (secondary N) is 1. The Hall–Kier alpha value is -2.66. The van der Waals surface area contributed by atoms with Crippen LogP contribution in [0.2, 0.25) is 0 Å². The second-order valence-corrected chi connectivity index (χ2v) is 5.68. The minimum atomic E-state index is -1.01. The quantitative estimate of drug-likeness (QED) is 0.775. The van der Waals surface area contributed by atoms with Gasteiger partial charge in [-0.25, -0.2) is 4.79 Å². The van der Waals surface area contributed by atoms with Crippen molar-refractivity contribution in [1.82, 2.24) is 10.2 Å². The first kappa shape index (κ1) is 18.7. The van der Waals surface area contributed by atoms with E-state index in [-0.39, 0.29) is 11.5 Å². The average Bonchev–Trinajstić information content (AvgIpc) is 2.65. The molecule has 0 atom stereocenters. The number of carboxylic acids is 1. The standard InChI is InChI=1S/C20H24N2O3/c1-3-22(4-2)14-13-21-19(23)17-11-7-5-9-15(17)16-10-6-8-12-18(16)20(24)25/h5-12H,3-4,13-14H2,1-2H3,(H,21,23)(H,24,25). The van der Waals surface area contributed by atoms with Crippen LogP contribution in [-0.2, 0) is 0 Å². The van der Waals surface area contributed by atoms with E-state index in [1.54, 1.807) is 48.5 Å². The topological polar surface area (TPSA) is 69.6 Å². The zero-order valence-corrected chi connectivity index (χ0v) is 14.7. The second-order valence-electron chi connectivity index (χ2n) is 5.68. The lowest BCUT2D eigenvalue weighted by atomic mass is 9.95. The van der Waals surface area contributed by atoms with Gasteiger partial charge in [0.05, 0.1) is 5.56 Å². The highest BCUT2D eigenvalue weighted by Crippen LogP contribution is 2.27. The molecule has 5 nitrogen and oxygen atoms in total. The van der Waals surface area contributed by atoms with Crippen molar-refractivity contribution < 1.29 is 14.7 Å². The Morgan fingerprint density at radius 1 is 0.920 bits per heavy atom. The number of rotatable bonds is 8. The number of carboxylic acid groups (broad SMARTS) is 1. The highest BCUT2D eigenvalue weighted by atomic mass is 16.4. The predicted molar refractivity (Wildman–Crippen MR) is 99.0 cm³/mol. The summed E-state index contributed by atoms with van der Waals surface area (Å²) in [6.45, 7) is 7.39.